The standard InChI is InChI=1S/C23H21Cl2NO2/c1-2-14-7-3-4-10-18(14)26-19-11-6-12-20(27)22(19)16(13-21(26)28)15-8-5-9-17(24)23(15)25/h3-5,7-10,16H,2,6,11-13H2,1H3. The topological polar surface area (TPSA) is 37.4 Å². The Balaban J connectivity index is 1.91. The first-order valence-electron chi connectivity index (χ1n) is 9.64. The maximum Gasteiger partial charge on any atom is 0.232 e. The molecule has 1 atom stereocenters. The van der Waals surface area contributed by atoms with Crippen LogP contribution in [0.25, 0.3) is 0 Å². The highest BCUT2D eigenvalue weighted by atomic mass is 35.5. The molecule has 0 bridgehead atoms. The Kier molecular flexibility index (Phi) is 5.31. The Morgan fingerprint density at radius 1 is 1.04 bits per heavy atom. The zero-order chi connectivity index (χ0) is 19.8. The molecule has 1 heterocycles. The van der Waals surface area contributed by atoms with Gasteiger partial charge in [-0.25, -0.2) is 0 Å². The third kappa shape index (κ3) is 3.17. The van der Waals surface area contributed by atoms with Crippen LogP contribution in [-0.2, 0) is 16.0 Å². The molecule has 0 aromatic heterocycles. The molecule has 4 rings (SSSR count). The number of aryl methyl sites for hydroxylation is 1. The summed E-state index contributed by atoms with van der Waals surface area (Å²) in [6.07, 6.45) is 3.00. The number of ketones is 1. The van der Waals surface area contributed by atoms with Crippen molar-refractivity contribution in [2.24, 2.45) is 0 Å². The fourth-order valence-electron chi connectivity index (χ4n) is 4.36. The average molecular weight is 414 g/mol. The Morgan fingerprint density at radius 2 is 1.82 bits per heavy atom. The van der Waals surface area contributed by atoms with Crippen LogP contribution in [0.5, 0.6) is 0 Å². The van der Waals surface area contributed by atoms with Crippen LogP contribution in [0.4, 0.5) is 5.69 Å². The number of para-hydroxylation sites is 1. The van der Waals surface area contributed by atoms with Gasteiger partial charge in [-0.15, -0.1) is 0 Å². The van der Waals surface area contributed by atoms with Crippen molar-refractivity contribution in [2.75, 3.05) is 4.90 Å². The fourth-order valence-corrected chi connectivity index (χ4v) is 4.80. The number of carbonyl (C=O) groups is 2. The van der Waals surface area contributed by atoms with Crippen LogP contribution < -0.4 is 4.90 Å². The highest BCUT2D eigenvalue weighted by Gasteiger charge is 2.40. The number of amides is 1. The number of allylic oxidation sites excluding steroid dienone is 2. The lowest BCUT2D eigenvalue weighted by atomic mass is 9.77. The SMILES string of the molecule is CCc1ccccc1N1C(=O)CC(c2cccc(Cl)c2Cl)C2=C1CCCC2=O. The molecule has 0 fully saturated rings. The van der Waals surface area contributed by atoms with E-state index in [0.29, 0.717) is 22.9 Å². The number of hydrogen-bond donors (Lipinski definition) is 0. The van der Waals surface area contributed by atoms with Crippen molar-refractivity contribution >= 4 is 40.6 Å². The summed E-state index contributed by atoms with van der Waals surface area (Å²) in [7, 11) is 0. The Bertz CT molecular complexity index is 996. The summed E-state index contributed by atoms with van der Waals surface area (Å²) in [4.78, 5) is 28.1. The predicted molar refractivity (Wildman–Crippen MR) is 113 cm³/mol. The zero-order valence-corrected chi connectivity index (χ0v) is 17.2. The smallest absolute Gasteiger partial charge is 0.232 e. The predicted octanol–water partition coefficient (Wildman–Crippen LogP) is 6.08. The van der Waals surface area contributed by atoms with E-state index in [1.54, 1.807) is 11.0 Å². The van der Waals surface area contributed by atoms with E-state index >= 15 is 0 Å². The highest BCUT2D eigenvalue weighted by molar-refractivity contribution is 6.42. The molecule has 0 spiro atoms. The summed E-state index contributed by atoms with van der Waals surface area (Å²) in [5, 5.41) is 0.866. The highest BCUT2D eigenvalue weighted by Crippen LogP contribution is 2.46. The molecule has 0 radical (unpaired) electrons. The second-order valence-electron chi connectivity index (χ2n) is 7.25. The van der Waals surface area contributed by atoms with Crippen LogP contribution >= 0.6 is 23.2 Å². The minimum Gasteiger partial charge on any atom is -0.294 e. The molecule has 0 N–H and O–H groups in total. The van der Waals surface area contributed by atoms with E-state index in [1.165, 1.54) is 0 Å². The normalized spacial score (nSPS) is 19.8. The molecule has 1 unspecified atom stereocenters. The maximum atomic E-state index is 13.3. The van der Waals surface area contributed by atoms with Gasteiger partial charge in [0.1, 0.15) is 0 Å². The molecule has 2 aliphatic rings. The van der Waals surface area contributed by atoms with E-state index in [1.807, 2.05) is 36.4 Å². The number of carbonyl (C=O) groups excluding carboxylic acids is 2. The van der Waals surface area contributed by atoms with E-state index in [9.17, 15) is 9.59 Å². The zero-order valence-electron chi connectivity index (χ0n) is 15.7. The summed E-state index contributed by atoms with van der Waals surface area (Å²) in [6.45, 7) is 2.07. The number of hydrogen-bond acceptors (Lipinski definition) is 2. The lowest BCUT2D eigenvalue weighted by molar-refractivity contribution is -0.119. The fraction of sp³-hybridized carbons (Fsp3) is 0.304. The van der Waals surface area contributed by atoms with Crippen LogP contribution in [0.3, 0.4) is 0 Å². The number of rotatable bonds is 3. The van der Waals surface area contributed by atoms with Gasteiger partial charge in [0.05, 0.1) is 15.7 Å². The van der Waals surface area contributed by atoms with Gasteiger partial charge in [-0.1, -0.05) is 60.5 Å². The lowest BCUT2D eigenvalue weighted by Crippen LogP contribution is -2.41. The second-order valence-corrected chi connectivity index (χ2v) is 8.03. The van der Waals surface area contributed by atoms with Gasteiger partial charge < -0.3 is 0 Å². The van der Waals surface area contributed by atoms with E-state index in [-0.39, 0.29) is 24.0 Å². The molecule has 0 saturated heterocycles. The lowest BCUT2D eigenvalue weighted by Gasteiger charge is -2.39. The van der Waals surface area contributed by atoms with Gasteiger partial charge in [-0.2, -0.15) is 0 Å². The third-order valence-corrected chi connectivity index (χ3v) is 6.48. The van der Waals surface area contributed by atoms with Gasteiger partial charge in [0.2, 0.25) is 5.91 Å². The van der Waals surface area contributed by atoms with Crippen LogP contribution in [-0.4, -0.2) is 11.7 Å². The molecule has 0 saturated carbocycles. The van der Waals surface area contributed by atoms with E-state index < -0.39 is 0 Å². The Morgan fingerprint density at radius 3 is 2.61 bits per heavy atom. The first-order valence-corrected chi connectivity index (χ1v) is 10.4. The molecule has 2 aromatic carbocycles. The van der Waals surface area contributed by atoms with E-state index in [0.717, 1.165) is 40.9 Å². The van der Waals surface area contributed by atoms with Crippen LogP contribution in [0.15, 0.2) is 53.7 Å². The summed E-state index contributed by atoms with van der Waals surface area (Å²) >= 11 is 12.7. The summed E-state index contributed by atoms with van der Waals surface area (Å²) in [5.74, 6) is -0.240. The Labute approximate surface area is 174 Å². The van der Waals surface area contributed by atoms with Crippen molar-refractivity contribution in [1.82, 2.24) is 0 Å². The molecular formula is C23H21Cl2NO2. The van der Waals surface area contributed by atoms with Crippen molar-refractivity contribution in [3.63, 3.8) is 0 Å². The number of benzene rings is 2. The minimum atomic E-state index is -0.341. The molecule has 3 nitrogen and oxygen atoms in total. The quantitative estimate of drug-likeness (QED) is 0.610. The second kappa shape index (κ2) is 7.73. The van der Waals surface area contributed by atoms with Crippen molar-refractivity contribution in [1.29, 1.82) is 0 Å². The minimum absolute atomic E-state index is 0.00427. The van der Waals surface area contributed by atoms with Crippen molar-refractivity contribution in [3.8, 4) is 0 Å². The largest absolute Gasteiger partial charge is 0.294 e. The first kappa shape index (κ1) is 19.2. The first-order chi connectivity index (χ1) is 13.5. The summed E-state index contributed by atoms with van der Waals surface area (Å²) in [6, 6.07) is 13.3. The van der Waals surface area contributed by atoms with Crippen LogP contribution in [0, 0.1) is 0 Å². The van der Waals surface area contributed by atoms with Crippen molar-refractivity contribution in [2.45, 2.75) is 44.9 Å². The molecular weight excluding hydrogens is 393 g/mol. The Hall–Kier alpha value is -2.10. The molecule has 2 aromatic rings. The average Bonchev–Trinajstić information content (AvgIpc) is 2.70. The van der Waals surface area contributed by atoms with Crippen molar-refractivity contribution in [3.05, 3.63) is 74.9 Å². The van der Waals surface area contributed by atoms with Gasteiger partial charge in [0, 0.05) is 30.0 Å². The number of Topliss-reactive ketones (excluding diaryl/α,β-unsaturated/α-hetero) is 1. The molecule has 5 heteroatoms. The van der Waals surface area contributed by atoms with Gasteiger partial charge in [-0.05, 0) is 42.5 Å². The van der Waals surface area contributed by atoms with E-state index in [4.69, 9.17) is 23.2 Å². The van der Waals surface area contributed by atoms with Gasteiger partial charge in [0.25, 0.3) is 0 Å². The third-order valence-electron chi connectivity index (χ3n) is 5.65. The van der Waals surface area contributed by atoms with Gasteiger partial charge >= 0.3 is 0 Å². The molecule has 1 aliphatic heterocycles. The number of nitrogens with zero attached hydrogens (tertiary/aromatic N) is 1. The van der Waals surface area contributed by atoms with E-state index in [2.05, 4.69) is 6.92 Å². The number of anilines is 1. The molecule has 28 heavy (non-hydrogen) atoms. The summed E-state index contributed by atoms with van der Waals surface area (Å²) in [5.41, 5.74) is 4.29. The van der Waals surface area contributed by atoms with Crippen LogP contribution in [0.1, 0.15) is 49.7 Å². The van der Waals surface area contributed by atoms with Crippen LogP contribution in [0.2, 0.25) is 10.0 Å². The molecule has 144 valence electrons. The van der Waals surface area contributed by atoms with Crippen molar-refractivity contribution < 1.29 is 9.59 Å². The maximum absolute atomic E-state index is 13.3. The summed E-state index contributed by atoms with van der Waals surface area (Å²) < 4.78 is 0. The number of halogens is 2. The molecule has 1 aliphatic carbocycles. The van der Waals surface area contributed by atoms with Gasteiger partial charge in [-0.3, -0.25) is 14.5 Å². The monoisotopic (exact) mass is 413 g/mol. The molecule has 1 amide bonds. The van der Waals surface area contributed by atoms with Gasteiger partial charge in [0.15, 0.2) is 5.78 Å².